The lowest BCUT2D eigenvalue weighted by Gasteiger charge is -2.26. The van der Waals surface area contributed by atoms with Gasteiger partial charge in [0.2, 0.25) is 0 Å². The second-order valence-electron chi connectivity index (χ2n) is 5.13. The standard InChI is InChI=1S/C12H18N4O3S/c1-8(2)11-14-7-9(13)10(15-11)12(17)16-3-5-20(18,19)6-4-16/h7-8H,3-6,13H2,1-2H3. The number of rotatable bonds is 2. The number of nitrogens with zero attached hydrogens (tertiary/aromatic N) is 3. The van der Waals surface area contributed by atoms with Gasteiger partial charge < -0.3 is 10.6 Å². The van der Waals surface area contributed by atoms with Crippen LogP contribution >= 0.6 is 0 Å². The summed E-state index contributed by atoms with van der Waals surface area (Å²) in [6, 6.07) is 0. The Morgan fingerprint density at radius 2 is 1.95 bits per heavy atom. The summed E-state index contributed by atoms with van der Waals surface area (Å²) in [5, 5.41) is 0. The van der Waals surface area contributed by atoms with Crippen LogP contribution in [0.3, 0.4) is 0 Å². The molecule has 0 atom stereocenters. The molecule has 2 heterocycles. The van der Waals surface area contributed by atoms with E-state index in [1.54, 1.807) is 0 Å². The average molecular weight is 298 g/mol. The maximum atomic E-state index is 12.4. The van der Waals surface area contributed by atoms with Crippen LogP contribution in [-0.2, 0) is 9.84 Å². The average Bonchev–Trinajstić information content (AvgIpc) is 2.38. The molecule has 2 rings (SSSR count). The molecule has 0 radical (unpaired) electrons. The van der Waals surface area contributed by atoms with E-state index in [-0.39, 0.29) is 47.8 Å². The zero-order valence-corrected chi connectivity index (χ0v) is 12.4. The fourth-order valence-electron chi connectivity index (χ4n) is 1.92. The number of hydrogen-bond donors (Lipinski definition) is 1. The maximum absolute atomic E-state index is 12.4. The molecule has 1 aliphatic heterocycles. The summed E-state index contributed by atoms with van der Waals surface area (Å²) in [7, 11) is -3.02. The van der Waals surface area contributed by atoms with E-state index in [0.29, 0.717) is 5.82 Å². The van der Waals surface area contributed by atoms with Crippen LogP contribution in [0.25, 0.3) is 0 Å². The van der Waals surface area contributed by atoms with E-state index in [4.69, 9.17) is 5.73 Å². The van der Waals surface area contributed by atoms with Gasteiger partial charge in [-0.25, -0.2) is 18.4 Å². The van der Waals surface area contributed by atoms with Crippen LogP contribution in [0.1, 0.15) is 36.1 Å². The lowest BCUT2D eigenvalue weighted by molar-refractivity contribution is 0.0765. The lowest BCUT2D eigenvalue weighted by atomic mass is 10.2. The van der Waals surface area contributed by atoms with Gasteiger partial charge in [-0.1, -0.05) is 13.8 Å². The highest BCUT2D eigenvalue weighted by atomic mass is 32.2. The molecule has 2 N–H and O–H groups in total. The second-order valence-corrected chi connectivity index (χ2v) is 7.43. The molecular weight excluding hydrogens is 280 g/mol. The number of anilines is 1. The van der Waals surface area contributed by atoms with E-state index in [9.17, 15) is 13.2 Å². The van der Waals surface area contributed by atoms with Crippen LogP contribution in [0.5, 0.6) is 0 Å². The smallest absolute Gasteiger partial charge is 0.274 e. The number of sulfone groups is 1. The van der Waals surface area contributed by atoms with E-state index in [1.165, 1.54) is 11.1 Å². The number of carbonyl (C=O) groups is 1. The molecule has 0 bridgehead atoms. The third-order valence-corrected chi connectivity index (χ3v) is 4.80. The van der Waals surface area contributed by atoms with Crippen molar-refractivity contribution in [2.75, 3.05) is 30.3 Å². The second kappa shape index (κ2) is 5.35. The van der Waals surface area contributed by atoms with Crippen molar-refractivity contribution in [2.45, 2.75) is 19.8 Å². The van der Waals surface area contributed by atoms with Crippen LogP contribution in [0, 0.1) is 0 Å². The molecule has 7 nitrogen and oxygen atoms in total. The van der Waals surface area contributed by atoms with Crippen LogP contribution in [0.15, 0.2) is 6.20 Å². The highest BCUT2D eigenvalue weighted by Crippen LogP contribution is 2.16. The molecule has 20 heavy (non-hydrogen) atoms. The molecule has 0 unspecified atom stereocenters. The van der Waals surface area contributed by atoms with E-state index in [0.717, 1.165) is 0 Å². The molecule has 110 valence electrons. The molecule has 1 fully saturated rings. The molecular formula is C12H18N4O3S. The summed E-state index contributed by atoms with van der Waals surface area (Å²) in [5.41, 5.74) is 6.13. The third kappa shape index (κ3) is 3.06. The molecule has 0 saturated carbocycles. The Kier molecular flexibility index (Phi) is 3.94. The van der Waals surface area contributed by atoms with Crippen molar-refractivity contribution in [1.82, 2.24) is 14.9 Å². The van der Waals surface area contributed by atoms with Gasteiger partial charge in [-0.3, -0.25) is 4.79 Å². The van der Waals surface area contributed by atoms with Gasteiger partial charge in [-0.2, -0.15) is 0 Å². The zero-order valence-electron chi connectivity index (χ0n) is 11.5. The van der Waals surface area contributed by atoms with Crippen LogP contribution in [0.2, 0.25) is 0 Å². The molecule has 0 aliphatic carbocycles. The van der Waals surface area contributed by atoms with Crippen molar-refractivity contribution >= 4 is 21.4 Å². The van der Waals surface area contributed by atoms with Crippen molar-refractivity contribution in [1.29, 1.82) is 0 Å². The van der Waals surface area contributed by atoms with Gasteiger partial charge in [0.1, 0.15) is 5.82 Å². The zero-order chi connectivity index (χ0) is 14.9. The number of nitrogen functional groups attached to an aromatic ring is 1. The van der Waals surface area contributed by atoms with Gasteiger partial charge in [0, 0.05) is 19.0 Å². The van der Waals surface area contributed by atoms with Gasteiger partial charge in [0.25, 0.3) is 5.91 Å². The van der Waals surface area contributed by atoms with Gasteiger partial charge in [-0.15, -0.1) is 0 Å². The quantitative estimate of drug-likeness (QED) is 0.827. The summed E-state index contributed by atoms with van der Waals surface area (Å²) >= 11 is 0. The molecule has 1 aromatic heterocycles. The van der Waals surface area contributed by atoms with Crippen LogP contribution in [0.4, 0.5) is 5.69 Å². The van der Waals surface area contributed by atoms with Gasteiger partial charge in [0.05, 0.1) is 23.4 Å². The van der Waals surface area contributed by atoms with Crippen molar-refractivity contribution in [3.8, 4) is 0 Å². The minimum atomic E-state index is -3.02. The predicted molar refractivity (Wildman–Crippen MR) is 75.1 cm³/mol. The number of nitrogens with two attached hydrogens (primary N) is 1. The minimum absolute atomic E-state index is 0.0131. The highest BCUT2D eigenvalue weighted by Gasteiger charge is 2.27. The summed E-state index contributed by atoms with van der Waals surface area (Å²) in [5.74, 6) is 0.277. The summed E-state index contributed by atoms with van der Waals surface area (Å²) in [6.07, 6.45) is 1.43. The topological polar surface area (TPSA) is 106 Å². The molecule has 1 aromatic rings. The fraction of sp³-hybridized carbons (Fsp3) is 0.583. The maximum Gasteiger partial charge on any atom is 0.274 e. The third-order valence-electron chi connectivity index (χ3n) is 3.19. The Hall–Kier alpha value is -1.70. The summed E-state index contributed by atoms with van der Waals surface area (Å²) in [4.78, 5) is 22.1. The first-order valence-corrected chi connectivity index (χ1v) is 8.24. The minimum Gasteiger partial charge on any atom is -0.396 e. The lowest BCUT2D eigenvalue weighted by Crippen LogP contribution is -2.44. The molecule has 0 aromatic carbocycles. The molecule has 1 amide bonds. The Labute approximate surface area is 118 Å². The number of amides is 1. The van der Waals surface area contributed by atoms with Gasteiger partial charge >= 0.3 is 0 Å². The SMILES string of the molecule is CC(C)c1ncc(N)c(C(=O)N2CCS(=O)(=O)CC2)n1. The summed E-state index contributed by atoms with van der Waals surface area (Å²) < 4.78 is 22.8. The number of aromatic nitrogens is 2. The highest BCUT2D eigenvalue weighted by molar-refractivity contribution is 7.91. The Morgan fingerprint density at radius 1 is 1.35 bits per heavy atom. The van der Waals surface area contributed by atoms with Crippen LogP contribution < -0.4 is 5.73 Å². The van der Waals surface area contributed by atoms with Gasteiger partial charge in [-0.05, 0) is 0 Å². The Bertz CT molecular complexity index is 614. The predicted octanol–water partition coefficient (Wildman–Crippen LogP) is 0.0528. The molecule has 0 spiro atoms. The fourth-order valence-corrected chi connectivity index (χ4v) is 3.12. The molecule has 1 saturated heterocycles. The molecule has 1 aliphatic rings. The summed E-state index contributed by atoms with van der Waals surface area (Å²) in [6.45, 7) is 4.21. The number of hydrogen-bond acceptors (Lipinski definition) is 6. The molecule has 8 heteroatoms. The van der Waals surface area contributed by atoms with E-state index < -0.39 is 9.84 Å². The Morgan fingerprint density at radius 3 is 2.50 bits per heavy atom. The first-order valence-electron chi connectivity index (χ1n) is 6.42. The van der Waals surface area contributed by atoms with E-state index in [2.05, 4.69) is 9.97 Å². The van der Waals surface area contributed by atoms with Crippen molar-refractivity contribution in [3.05, 3.63) is 17.7 Å². The first-order chi connectivity index (χ1) is 9.30. The number of carbonyl (C=O) groups excluding carboxylic acids is 1. The monoisotopic (exact) mass is 298 g/mol. The van der Waals surface area contributed by atoms with Crippen molar-refractivity contribution in [3.63, 3.8) is 0 Å². The van der Waals surface area contributed by atoms with Crippen molar-refractivity contribution in [2.24, 2.45) is 0 Å². The van der Waals surface area contributed by atoms with Gasteiger partial charge in [0.15, 0.2) is 15.5 Å². The first kappa shape index (κ1) is 14.7. The van der Waals surface area contributed by atoms with Crippen molar-refractivity contribution < 1.29 is 13.2 Å². The normalized spacial score (nSPS) is 18.2. The van der Waals surface area contributed by atoms with Crippen LogP contribution in [-0.4, -0.2) is 53.8 Å². The van der Waals surface area contributed by atoms with E-state index in [1.807, 2.05) is 13.8 Å². The Balaban J connectivity index is 2.23. The van der Waals surface area contributed by atoms with E-state index >= 15 is 0 Å². The largest absolute Gasteiger partial charge is 0.396 e.